The fraction of sp³-hybridized carbons (Fsp3) is 0.429. The molecule has 53 heavy (non-hydrogen) atoms. The molecule has 1 unspecified atom stereocenters. The number of anilines is 1. The van der Waals surface area contributed by atoms with E-state index in [1.165, 1.54) is 4.90 Å². The average Bonchev–Trinajstić information content (AvgIpc) is 3.76. The number of aliphatic hydroxyl groups excluding tert-OH is 1. The number of benzene rings is 3. The van der Waals surface area contributed by atoms with Crippen molar-refractivity contribution in [1.82, 2.24) is 10.2 Å². The van der Waals surface area contributed by atoms with Crippen molar-refractivity contribution in [2.75, 3.05) is 24.6 Å². The van der Waals surface area contributed by atoms with Gasteiger partial charge in [-0.3, -0.25) is 19.2 Å². The third-order valence-corrected chi connectivity index (χ3v) is 11.5. The summed E-state index contributed by atoms with van der Waals surface area (Å²) in [4.78, 5) is 59.9. The molecule has 8 atom stereocenters. The number of rotatable bonds is 16. The summed E-state index contributed by atoms with van der Waals surface area (Å²) in [7, 11) is 0. The highest BCUT2D eigenvalue weighted by atomic mass is 79.9. The Kier molecular flexibility index (Phi) is 11.9. The predicted molar refractivity (Wildman–Crippen MR) is 207 cm³/mol. The van der Waals surface area contributed by atoms with Gasteiger partial charge < -0.3 is 29.7 Å². The van der Waals surface area contributed by atoms with Crippen molar-refractivity contribution in [3.63, 3.8) is 0 Å². The maximum atomic E-state index is 15.2. The van der Waals surface area contributed by atoms with Gasteiger partial charge in [0.15, 0.2) is 0 Å². The van der Waals surface area contributed by atoms with Crippen LogP contribution in [0, 0.1) is 17.8 Å². The molecular weight excluding hydrogens is 738 g/mol. The number of allylic oxidation sites excluding steroid dienone is 1. The molecule has 3 fully saturated rings. The van der Waals surface area contributed by atoms with Crippen molar-refractivity contribution in [2.24, 2.45) is 17.8 Å². The number of carbonyl (C=O) groups excluding carboxylic acids is 4. The number of likely N-dealkylation sites (tertiary alicyclic amines) is 1. The number of hydrogen-bond acceptors (Lipinski definition) is 7. The SMILES string of the molecule is C=CCCC(=O)NC[C@H](OC(=O)[C@H]1[C@@H]2O[C@@]3(CC2Br)[C@@H]1C(=O)N([C@@H](CO)CC(C)C)[C@@H]3C(=O)N(CC=C)c1ccc2ccccc2c1)c1ccccc1. The molecule has 3 aliphatic rings. The molecular formula is C42H48BrN3O7. The van der Waals surface area contributed by atoms with Crippen LogP contribution in [-0.4, -0.2) is 82.0 Å². The Hall–Kier alpha value is -4.32. The second-order valence-corrected chi connectivity index (χ2v) is 15.8. The maximum absolute atomic E-state index is 15.2. The second kappa shape index (κ2) is 16.4. The maximum Gasteiger partial charge on any atom is 0.313 e. The lowest BCUT2D eigenvalue weighted by Crippen LogP contribution is -2.59. The zero-order chi connectivity index (χ0) is 37.9. The smallest absolute Gasteiger partial charge is 0.313 e. The van der Waals surface area contributed by atoms with E-state index in [1.807, 2.05) is 86.6 Å². The fourth-order valence-electron chi connectivity index (χ4n) is 8.42. The number of halogens is 1. The van der Waals surface area contributed by atoms with E-state index in [0.717, 1.165) is 10.8 Å². The zero-order valence-electron chi connectivity index (χ0n) is 30.2. The molecule has 3 aliphatic heterocycles. The Bertz CT molecular complexity index is 1850. The highest BCUT2D eigenvalue weighted by Crippen LogP contribution is 2.61. The van der Waals surface area contributed by atoms with Gasteiger partial charge in [0, 0.05) is 23.5 Å². The number of carbonyl (C=O) groups is 4. The summed E-state index contributed by atoms with van der Waals surface area (Å²) < 4.78 is 13.0. The molecule has 3 amide bonds. The van der Waals surface area contributed by atoms with E-state index < -0.39 is 53.6 Å². The zero-order valence-corrected chi connectivity index (χ0v) is 31.8. The molecule has 11 heteroatoms. The summed E-state index contributed by atoms with van der Waals surface area (Å²) in [6, 6.07) is 20.9. The first-order valence-corrected chi connectivity index (χ1v) is 19.2. The summed E-state index contributed by atoms with van der Waals surface area (Å²) in [6.45, 7) is 11.4. The van der Waals surface area contributed by atoms with Crippen molar-refractivity contribution in [3.05, 3.63) is 104 Å². The van der Waals surface area contributed by atoms with E-state index in [4.69, 9.17) is 9.47 Å². The largest absolute Gasteiger partial charge is 0.455 e. The minimum atomic E-state index is -1.38. The lowest BCUT2D eigenvalue weighted by molar-refractivity contribution is -0.161. The van der Waals surface area contributed by atoms with Gasteiger partial charge in [-0.25, -0.2) is 0 Å². The minimum Gasteiger partial charge on any atom is -0.455 e. The molecule has 1 spiro atoms. The van der Waals surface area contributed by atoms with Crippen LogP contribution >= 0.6 is 15.9 Å². The van der Waals surface area contributed by atoms with Gasteiger partial charge in [-0.15, -0.1) is 13.2 Å². The second-order valence-electron chi connectivity index (χ2n) is 14.6. The van der Waals surface area contributed by atoms with Gasteiger partial charge in [-0.05, 0) is 53.6 Å². The minimum absolute atomic E-state index is 0.0297. The summed E-state index contributed by atoms with van der Waals surface area (Å²) in [5.41, 5.74) is -0.0670. The molecule has 3 aromatic rings. The van der Waals surface area contributed by atoms with Crippen LogP contribution in [0.4, 0.5) is 5.69 Å². The van der Waals surface area contributed by atoms with Gasteiger partial charge in [0.05, 0.1) is 37.1 Å². The first-order valence-electron chi connectivity index (χ1n) is 18.3. The van der Waals surface area contributed by atoms with E-state index in [1.54, 1.807) is 17.1 Å². The van der Waals surface area contributed by atoms with E-state index in [0.29, 0.717) is 30.5 Å². The molecule has 3 heterocycles. The van der Waals surface area contributed by atoms with Crippen molar-refractivity contribution < 1.29 is 33.8 Å². The number of alkyl halides is 1. The number of hydrogen-bond donors (Lipinski definition) is 2. The Balaban J connectivity index is 1.38. The number of fused-ring (bicyclic) bond motifs is 2. The molecule has 3 saturated heterocycles. The average molecular weight is 787 g/mol. The molecule has 0 aromatic heterocycles. The lowest BCUT2D eigenvalue weighted by Gasteiger charge is -2.39. The summed E-state index contributed by atoms with van der Waals surface area (Å²) in [5.74, 6) is -3.64. The van der Waals surface area contributed by atoms with Crippen LogP contribution in [0.2, 0.25) is 0 Å². The van der Waals surface area contributed by atoms with E-state index in [-0.39, 0.29) is 48.7 Å². The van der Waals surface area contributed by atoms with E-state index >= 15 is 4.79 Å². The number of amides is 3. The predicted octanol–water partition coefficient (Wildman–Crippen LogP) is 5.88. The van der Waals surface area contributed by atoms with Crippen LogP contribution in [0.25, 0.3) is 10.8 Å². The summed E-state index contributed by atoms with van der Waals surface area (Å²) in [5, 5.41) is 15.6. The lowest BCUT2D eigenvalue weighted by atomic mass is 9.70. The highest BCUT2D eigenvalue weighted by Gasteiger charge is 2.77. The van der Waals surface area contributed by atoms with Crippen molar-refractivity contribution in [2.45, 2.75) is 74.3 Å². The molecule has 0 saturated carbocycles. The third-order valence-electron chi connectivity index (χ3n) is 10.7. The Morgan fingerprint density at radius 1 is 1.08 bits per heavy atom. The molecule has 2 N–H and O–H groups in total. The standard InChI is InChI=1S/C42H48BrN3O7/c1-5-7-17-34(48)44-24-33(28-14-9-8-10-15-28)52-41(51)35-36-39(49)46(31(25-47)21-26(3)4)38(42(36)23-32(43)37(35)53-42)40(50)45(20-6-2)30-19-18-27-13-11-12-16-29(27)22-30/h5-6,8-16,18-19,22,26,31-33,35-38,47H,1-2,7,17,20-21,23-25H2,3-4H3,(H,44,48)/t31-,32?,33+,35-,36+,37-,38-,42+/m1/s1. The van der Waals surface area contributed by atoms with Gasteiger partial charge in [0.25, 0.3) is 5.91 Å². The summed E-state index contributed by atoms with van der Waals surface area (Å²) >= 11 is 3.75. The molecule has 10 nitrogen and oxygen atoms in total. The van der Waals surface area contributed by atoms with Crippen LogP contribution in [-0.2, 0) is 28.7 Å². The van der Waals surface area contributed by atoms with E-state index in [9.17, 15) is 19.5 Å². The van der Waals surface area contributed by atoms with Gasteiger partial charge in [-0.1, -0.05) is 103 Å². The Morgan fingerprint density at radius 2 is 1.79 bits per heavy atom. The third kappa shape index (κ3) is 7.43. The van der Waals surface area contributed by atoms with Crippen molar-refractivity contribution in [1.29, 1.82) is 0 Å². The van der Waals surface area contributed by atoms with Crippen LogP contribution in [0.1, 0.15) is 51.2 Å². The first kappa shape index (κ1) is 38.4. The molecule has 0 aliphatic carbocycles. The normalized spacial score (nSPS) is 25.6. The number of nitrogens with one attached hydrogen (secondary N) is 1. The molecule has 280 valence electrons. The highest BCUT2D eigenvalue weighted by molar-refractivity contribution is 9.09. The Morgan fingerprint density at radius 3 is 2.47 bits per heavy atom. The van der Waals surface area contributed by atoms with Gasteiger partial charge in [0.1, 0.15) is 17.7 Å². The van der Waals surface area contributed by atoms with Crippen LogP contribution < -0.4 is 10.2 Å². The van der Waals surface area contributed by atoms with Crippen LogP contribution in [0.3, 0.4) is 0 Å². The number of ether oxygens (including phenoxy) is 2. The summed E-state index contributed by atoms with van der Waals surface area (Å²) in [6.07, 6.45) is 3.20. The molecule has 0 radical (unpaired) electrons. The fourth-order valence-corrected chi connectivity index (χ4v) is 9.36. The number of aliphatic hydroxyl groups is 1. The van der Waals surface area contributed by atoms with E-state index in [2.05, 4.69) is 34.4 Å². The number of nitrogens with zero attached hydrogens (tertiary/aromatic N) is 2. The molecule has 2 bridgehead atoms. The molecule has 6 rings (SSSR count). The van der Waals surface area contributed by atoms with Crippen molar-refractivity contribution >= 4 is 56.1 Å². The monoisotopic (exact) mass is 785 g/mol. The van der Waals surface area contributed by atoms with Crippen LogP contribution in [0.5, 0.6) is 0 Å². The quantitative estimate of drug-likeness (QED) is 0.106. The first-order chi connectivity index (χ1) is 25.5. The van der Waals surface area contributed by atoms with Gasteiger partial charge in [0.2, 0.25) is 11.8 Å². The van der Waals surface area contributed by atoms with Crippen molar-refractivity contribution in [3.8, 4) is 0 Å². The van der Waals surface area contributed by atoms with Gasteiger partial charge >= 0.3 is 5.97 Å². The topological polar surface area (TPSA) is 125 Å². The number of esters is 1. The van der Waals surface area contributed by atoms with Gasteiger partial charge in [-0.2, -0.15) is 0 Å². The van der Waals surface area contributed by atoms with Crippen LogP contribution in [0.15, 0.2) is 98.1 Å². The molecule has 3 aromatic carbocycles. The Labute approximate surface area is 319 Å².